The summed E-state index contributed by atoms with van der Waals surface area (Å²) >= 11 is 0. The molecule has 0 amide bonds. The number of aromatic nitrogens is 3. The molecule has 0 radical (unpaired) electrons. The molecule has 2 heterocycles. The fraction of sp³-hybridized carbons (Fsp3) is 0.273. The molecule has 4 heteroatoms. The average molecular weight is 202 g/mol. The van der Waals surface area contributed by atoms with Gasteiger partial charge in [-0.05, 0) is 31.5 Å². The van der Waals surface area contributed by atoms with Crippen molar-refractivity contribution in [3.05, 3.63) is 42.0 Å². The number of imidazole rings is 1. The van der Waals surface area contributed by atoms with E-state index >= 15 is 0 Å². The van der Waals surface area contributed by atoms with E-state index in [-0.39, 0.29) is 6.04 Å². The molecule has 2 N–H and O–H groups in total. The number of hydrogen-bond acceptors (Lipinski definition) is 3. The third-order valence-corrected chi connectivity index (χ3v) is 2.26. The first-order valence-electron chi connectivity index (χ1n) is 4.94. The Morgan fingerprint density at radius 2 is 2.07 bits per heavy atom. The SMILES string of the molecule is Cc1cnc(NC(C)c2ccncc2)[nH]1. The van der Waals surface area contributed by atoms with Gasteiger partial charge in [0.15, 0.2) is 0 Å². The van der Waals surface area contributed by atoms with Crippen LogP contribution in [0.1, 0.15) is 24.2 Å². The number of anilines is 1. The molecule has 0 aliphatic carbocycles. The summed E-state index contributed by atoms with van der Waals surface area (Å²) in [4.78, 5) is 11.3. The zero-order chi connectivity index (χ0) is 10.7. The van der Waals surface area contributed by atoms with Gasteiger partial charge in [0.25, 0.3) is 0 Å². The fourth-order valence-electron chi connectivity index (χ4n) is 1.43. The molecule has 1 atom stereocenters. The van der Waals surface area contributed by atoms with Crippen LogP contribution in [-0.2, 0) is 0 Å². The Labute approximate surface area is 88.8 Å². The molecule has 78 valence electrons. The number of hydrogen-bond donors (Lipinski definition) is 2. The van der Waals surface area contributed by atoms with Crippen molar-refractivity contribution in [3.8, 4) is 0 Å². The van der Waals surface area contributed by atoms with E-state index in [0.29, 0.717) is 0 Å². The van der Waals surface area contributed by atoms with Crippen molar-refractivity contribution < 1.29 is 0 Å². The summed E-state index contributed by atoms with van der Waals surface area (Å²) in [5, 5.41) is 3.28. The molecule has 4 nitrogen and oxygen atoms in total. The molecule has 2 rings (SSSR count). The Morgan fingerprint density at radius 3 is 2.67 bits per heavy atom. The van der Waals surface area contributed by atoms with Crippen LogP contribution < -0.4 is 5.32 Å². The van der Waals surface area contributed by atoms with Crippen molar-refractivity contribution >= 4 is 5.95 Å². The number of H-pyrrole nitrogens is 1. The lowest BCUT2D eigenvalue weighted by atomic mass is 10.1. The number of pyridine rings is 1. The summed E-state index contributed by atoms with van der Waals surface area (Å²) in [5.74, 6) is 0.803. The van der Waals surface area contributed by atoms with E-state index in [0.717, 1.165) is 11.6 Å². The zero-order valence-corrected chi connectivity index (χ0v) is 8.86. The van der Waals surface area contributed by atoms with Crippen LogP contribution in [-0.4, -0.2) is 15.0 Å². The van der Waals surface area contributed by atoms with E-state index in [1.54, 1.807) is 12.4 Å². The van der Waals surface area contributed by atoms with Gasteiger partial charge < -0.3 is 10.3 Å². The molecule has 0 saturated carbocycles. The van der Waals surface area contributed by atoms with Crippen LogP contribution in [0.25, 0.3) is 0 Å². The summed E-state index contributed by atoms with van der Waals surface area (Å²) in [5.41, 5.74) is 2.25. The van der Waals surface area contributed by atoms with Gasteiger partial charge in [0.2, 0.25) is 5.95 Å². The van der Waals surface area contributed by atoms with Crippen molar-refractivity contribution in [3.63, 3.8) is 0 Å². The highest BCUT2D eigenvalue weighted by molar-refractivity contribution is 5.31. The molecule has 15 heavy (non-hydrogen) atoms. The molecule has 2 aromatic rings. The fourth-order valence-corrected chi connectivity index (χ4v) is 1.43. The Kier molecular flexibility index (Phi) is 2.67. The predicted octanol–water partition coefficient (Wildman–Crippen LogP) is 2.29. The van der Waals surface area contributed by atoms with Crippen LogP contribution in [0.2, 0.25) is 0 Å². The van der Waals surface area contributed by atoms with Crippen molar-refractivity contribution in [1.29, 1.82) is 0 Å². The minimum Gasteiger partial charge on any atom is -0.349 e. The molecular weight excluding hydrogens is 188 g/mol. The van der Waals surface area contributed by atoms with Gasteiger partial charge in [-0.15, -0.1) is 0 Å². The second-order valence-corrected chi connectivity index (χ2v) is 3.56. The van der Waals surface area contributed by atoms with E-state index in [9.17, 15) is 0 Å². The molecule has 0 spiro atoms. The van der Waals surface area contributed by atoms with Gasteiger partial charge in [0.05, 0.1) is 6.04 Å². The van der Waals surface area contributed by atoms with Crippen LogP contribution in [0.4, 0.5) is 5.95 Å². The van der Waals surface area contributed by atoms with E-state index < -0.39 is 0 Å². The van der Waals surface area contributed by atoms with Gasteiger partial charge in [-0.2, -0.15) is 0 Å². The highest BCUT2D eigenvalue weighted by atomic mass is 15.1. The smallest absolute Gasteiger partial charge is 0.200 e. The molecule has 0 bridgehead atoms. The topological polar surface area (TPSA) is 53.6 Å². The number of nitrogens with zero attached hydrogens (tertiary/aromatic N) is 2. The quantitative estimate of drug-likeness (QED) is 0.802. The van der Waals surface area contributed by atoms with Crippen molar-refractivity contribution in [2.75, 3.05) is 5.32 Å². The first kappa shape index (κ1) is 9.71. The zero-order valence-electron chi connectivity index (χ0n) is 8.86. The largest absolute Gasteiger partial charge is 0.349 e. The number of aryl methyl sites for hydroxylation is 1. The predicted molar refractivity (Wildman–Crippen MR) is 59.6 cm³/mol. The Hall–Kier alpha value is -1.84. The highest BCUT2D eigenvalue weighted by Crippen LogP contribution is 2.15. The lowest BCUT2D eigenvalue weighted by molar-refractivity contribution is 0.863. The maximum absolute atomic E-state index is 4.20. The van der Waals surface area contributed by atoms with Crippen LogP contribution in [0, 0.1) is 6.92 Å². The third kappa shape index (κ3) is 2.34. The van der Waals surface area contributed by atoms with Crippen LogP contribution in [0.5, 0.6) is 0 Å². The maximum Gasteiger partial charge on any atom is 0.200 e. The van der Waals surface area contributed by atoms with Gasteiger partial charge >= 0.3 is 0 Å². The van der Waals surface area contributed by atoms with E-state index in [4.69, 9.17) is 0 Å². The normalized spacial score (nSPS) is 12.4. The summed E-state index contributed by atoms with van der Waals surface area (Å²) in [7, 11) is 0. The Balaban J connectivity index is 2.07. The minimum absolute atomic E-state index is 0.221. The van der Waals surface area contributed by atoms with Gasteiger partial charge in [0.1, 0.15) is 0 Å². The molecular formula is C11H14N4. The standard InChI is InChI=1S/C11H14N4/c1-8-7-13-11(14-8)15-9(2)10-3-5-12-6-4-10/h3-7,9H,1-2H3,(H2,13,14,15). The third-order valence-electron chi connectivity index (χ3n) is 2.26. The minimum atomic E-state index is 0.221. The van der Waals surface area contributed by atoms with E-state index in [2.05, 4.69) is 27.2 Å². The van der Waals surface area contributed by atoms with E-state index in [1.807, 2.05) is 25.3 Å². The van der Waals surface area contributed by atoms with Crippen LogP contribution >= 0.6 is 0 Å². The summed E-state index contributed by atoms with van der Waals surface area (Å²) in [6.07, 6.45) is 5.39. The molecule has 0 fully saturated rings. The maximum atomic E-state index is 4.20. The summed E-state index contributed by atoms with van der Waals surface area (Å²) in [6, 6.07) is 4.21. The molecule has 2 aromatic heterocycles. The van der Waals surface area contributed by atoms with Crippen molar-refractivity contribution in [2.24, 2.45) is 0 Å². The average Bonchev–Trinajstić information content (AvgIpc) is 2.65. The summed E-state index contributed by atoms with van der Waals surface area (Å²) in [6.45, 7) is 4.07. The molecule has 0 aromatic carbocycles. The lowest BCUT2D eigenvalue weighted by Gasteiger charge is -2.12. The Bertz CT molecular complexity index is 421. The number of rotatable bonds is 3. The first-order chi connectivity index (χ1) is 7.25. The molecule has 0 aliphatic rings. The monoisotopic (exact) mass is 202 g/mol. The van der Waals surface area contributed by atoms with Gasteiger partial charge in [-0.3, -0.25) is 4.98 Å². The van der Waals surface area contributed by atoms with Crippen LogP contribution in [0.15, 0.2) is 30.7 Å². The summed E-state index contributed by atoms with van der Waals surface area (Å²) < 4.78 is 0. The van der Waals surface area contributed by atoms with Gasteiger partial charge in [0, 0.05) is 24.3 Å². The number of aromatic amines is 1. The molecule has 0 saturated heterocycles. The second-order valence-electron chi connectivity index (χ2n) is 3.56. The van der Waals surface area contributed by atoms with Gasteiger partial charge in [-0.25, -0.2) is 4.98 Å². The van der Waals surface area contributed by atoms with Crippen LogP contribution in [0.3, 0.4) is 0 Å². The highest BCUT2D eigenvalue weighted by Gasteiger charge is 2.05. The lowest BCUT2D eigenvalue weighted by Crippen LogP contribution is -2.07. The number of nitrogens with one attached hydrogen (secondary N) is 2. The van der Waals surface area contributed by atoms with E-state index in [1.165, 1.54) is 5.56 Å². The second kappa shape index (κ2) is 4.13. The van der Waals surface area contributed by atoms with Crippen molar-refractivity contribution in [1.82, 2.24) is 15.0 Å². The Morgan fingerprint density at radius 1 is 1.33 bits per heavy atom. The van der Waals surface area contributed by atoms with Gasteiger partial charge in [-0.1, -0.05) is 0 Å². The van der Waals surface area contributed by atoms with Crippen molar-refractivity contribution in [2.45, 2.75) is 19.9 Å². The molecule has 1 unspecified atom stereocenters. The molecule has 0 aliphatic heterocycles. The first-order valence-corrected chi connectivity index (χ1v) is 4.94.